The molecule has 2 aromatic rings. The average molecular weight is 488 g/mol. The van der Waals surface area contributed by atoms with Crippen LogP contribution in [0.15, 0.2) is 64.6 Å². The third-order valence-corrected chi connectivity index (χ3v) is 7.79. The van der Waals surface area contributed by atoms with E-state index in [1.54, 1.807) is 18.2 Å². The van der Waals surface area contributed by atoms with Crippen LogP contribution in [-0.2, 0) is 14.8 Å². The van der Waals surface area contributed by atoms with Gasteiger partial charge in [-0.1, -0.05) is 63.1 Å². The smallest absolute Gasteiger partial charge is 0.264 e. The van der Waals surface area contributed by atoms with Crippen molar-refractivity contribution in [3.05, 3.63) is 60.4 Å². The minimum Gasteiger partial charge on any atom is -0.271 e. The second-order valence-corrected chi connectivity index (χ2v) is 10.6. The van der Waals surface area contributed by atoms with Crippen molar-refractivity contribution >= 4 is 27.3 Å². The summed E-state index contributed by atoms with van der Waals surface area (Å²) < 4.78 is 41.0. The van der Waals surface area contributed by atoms with Crippen molar-refractivity contribution in [2.24, 2.45) is 5.10 Å². The molecule has 3 rings (SSSR count). The van der Waals surface area contributed by atoms with E-state index in [1.165, 1.54) is 68.5 Å². The first-order chi connectivity index (χ1) is 16.5. The van der Waals surface area contributed by atoms with Gasteiger partial charge in [0.2, 0.25) is 0 Å². The van der Waals surface area contributed by atoms with Gasteiger partial charge in [0.25, 0.3) is 15.9 Å². The van der Waals surface area contributed by atoms with E-state index in [2.05, 4.69) is 10.5 Å². The van der Waals surface area contributed by atoms with Crippen LogP contribution < -0.4 is 9.73 Å². The molecule has 1 saturated carbocycles. The van der Waals surface area contributed by atoms with Gasteiger partial charge in [0.15, 0.2) is 0 Å². The number of nitrogens with zero attached hydrogens (tertiary/aromatic N) is 2. The zero-order valence-electron chi connectivity index (χ0n) is 19.6. The first kappa shape index (κ1) is 25.9. The van der Waals surface area contributed by atoms with Crippen molar-refractivity contribution in [2.75, 3.05) is 10.8 Å². The van der Waals surface area contributed by atoms with Crippen LogP contribution in [0, 0.1) is 5.82 Å². The molecule has 0 unspecified atom stereocenters. The topological polar surface area (TPSA) is 78.8 Å². The lowest BCUT2D eigenvalue weighted by molar-refractivity contribution is -0.119. The van der Waals surface area contributed by atoms with Gasteiger partial charge in [-0.15, -0.1) is 0 Å². The number of benzene rings is 2. The zero-order chi connectivity index (χ0) is 24.2. The van der Waals surface area contributed by atoms with Crippen LogP contribution in [0.2, 0.25) is 0 Å². The Labute approximate surface area is 202 Å². The number of hydrogen-bond acceptors (Lipinski definition) is 4. The Balaban J connectivity index is 1.73. The fourth-order valence-electron chi connectivity index (χ4n) is 4.08. The number of rotatable bonds is 6. The summed E-state index contributed by atoms with van der Waals surface area (Å²) >= 11 is 0. The summed E-state index contributed by atoms with van der Waals surface area (Å²) in [5.74, 6) is -1.03. The molecular weight excluding hydrogens is 453 g/mol. The molecule has 8 heteroatoms. The molecule has 0 radical (unpaired) electrons. The highest BCUT2D eigenvalue weighted by Crippen LogP contribution is 2.24. The lowest BCUT2D eigenvalue weighted by atomic mass is 10.00. The number of carbonyl (C=O) groups excluding carboxylic acids is 1. The summed E-state index contributed by atoms with van der Waals surface area (Å²) in [7, 11) is -4.03. The van der Waals surface area contributed by atoms with Crippen LogP contribution in [0.5, 0.6) is 0 Å². The van der Waals surface area contributed by atoms with Gasteiger partial charge >= 0.3 is 0 Å². The number of amides is 1. The van der Waals surface area contributed by atoms with E-state index in [-0.39, 0.29) is 10.6 Å². The molecule has 184 valence electrons. The van der Waals surface area contributed by atoms with Crippen LogP contribution in [0.1, 0.15) is 70.6 Å². The van der Waals surface area contributed by atoms with Crippen molar-refractivity contribution < 1.29 is 17.6 Å². The third-order valence-electron chi connectivity index (χ3n) is 6.00. The van der Waals surface area contributed by atoms with E-state index >= 15 is 0 Å². The molecule has 0 bridgehead atoms. The van der Waals surface area contributed by atoms with E-state index < -0.39 is 28.3 Å². The molecule has 34 heavy (non-hydrogen) atoms. The van der Waals surface area contributed by atoms with Crippen LogP contribution in [0.3, 0.4) is 0 Å². The predicted octanol–water partition coefficient (Wildman–Crippen LogP) is 5.80. The van der Waals surface area contributed by atoms with Crippen LogP contribution in [-0.4, -0.2) is 26.6 Å². The van der Waals surface area contributed by atoms with E-state index in [0.717, 1.165) is 48.5 Å². The monoisotopic (exact) mass is 487 g/mol. The molecule has 2 aromatic carbocycles. The number of hydrogen-bond donors (Lipinski definition) is 1. The quantitative estimate of drug-likeness (QED) is 0.523. The number of hydrazone groups is 1. The second kappa shape index (κ2) is 13.2. The third kappa shape index (κ3) is 7.94. The summed E-state index contributed by atoms with van der Waals surface area (Å²) in [4.78, 5) is 12.8. The maximum absolute atomic E-state index is 13.5. The Hall–Kier alpha value is -2.74. The molecular formula is C26H34FN3O3S. The molecule has 0 aromatic heterocycles. The van der Waals surface area contributed by atoms with Gasteiger partial charge < -0.3 is 0 Å². The van der Waals surface area contributed by atoms with Crippen molar-refractivity contribution in [1.82, 2.24) is 5.43 Å². The Morgan fingerprint density at radius 3 is 1.91 bits per heavy atom. The first-order valence-corrected chi connectivity index (χ1v) is 13.6. The molecule has 0 aliphatic heterocycles. The van der Waals surface area contributed by atoms with E-state index in [1.807, 2.05) is 0 Å². The first-order valence-electron chi connectivity index (χ1n) is 12.1. The summed E-state index contributed by atoms with van der Waals surface area (Å²) in [6.45, 7) is -0.459. The van der Waals surface area contributed by atoms with Gasteiger partial charge in [0.1, 0.15) is 12.4 Å². The fraction of sp³-hybridized carbons (Fsp3) is 0.462. The Morgan fingerprint density at radius 2 is 1.35 bits per heavy atom. The molecule has 1 aliphatic rings. The summed E-state index contributed by atoms with van der Waals surface area (Å²) in [5, 5.41) is 4.36. The van der Waals surface area contributed by atoms with Crippen molar-refractivity contribution in [1.29, 1.82) is 0 Å². The highest BCUT2D eigenvalue weighted by molar-refractivity contribution is 7.92. The second-order valence-electron chi connectivity index (χ2n) is 8.70. The van der Waals surface area contributed by atoms with Gasteiger partial charge in [0, 0.05) is 5.71 Å². The maximum Gasteiger partial charge on any atom is 0.264 e. The lowest BCUT2D eigenvalue weighted by Crippen LogP contribution is -2.39. The van der Waals surface area contributed by atoms with Crippen LogP contribution in [0.4, 0.5) is 10.1 Å². The minimum absolute atomic E-state index is 0.0535. The number of nitrogens with one attached hydrogen (secondary N) is 1. The van der Waals surface area contributed by atoms with Crippen molar-refractivity contribution in [3.8, 4) is 0 Å². The normalized spacial score (nSPS) is 16.1. The predicted molar refractivity (Wildman–Crippen MR) is 134 cm³/mol. The maximum atomic E-state index is 13.5. The zero-order valence-corrected chi connectivity index (χ0v) is 20.4. The van der Waals surface area contributed by atoms with Gasteiger partial charge in [-0.3, -0.25) is 9.10 Å². The van der Waals surface area contributed by atoms with Gasteiger partial charge in [0.05, 0.1) is 10.6 Å². The molecule has 0 saturated heterocycles. The highest BCUT2D eigenvalue weighted by Gasteiger charge is 2.27. The summed E-state index contributed by atoms with van der Waals surface area (Å²) in [6.07, 6.45) is 12.4. The summed E-state index contributed by atoms with van der Waals surface area (Å²) in [6, 6.07) is 12.9. The van der Waals surface area contributed by atoms with E-state index in [4.69, 9.17) is 0 Å². The molecule has 0 spiro atoms. The van der Waals surface area contributed by atoms with Crippen LogP contribution >= 0.6 is 0 Å². The fourth-order valence-corrected chi connectivity index (χ4v) is 5.52. The Kier molecular flexibility index (Phi) is 10.1. The van der Waals surface area contributed by atoms with Gasteiger partial charge in [-0.05, 0) is 62.1 Å². The summed E-state index contributed by atoms with van der Waals surface area (Å²) in [5.41, 5.74) is 3.73. The molecule has 1 fully saturated rings. The van der Waals surface area contributed by atoms with Gasteiger partial charge in [-0.2, -0.15) is 5.10 Å². The number of halogens is 1. The molecule has 0 heterocycles. The van der Waals surface area contributed by atoms with Crippen molar-refractivity contribution in [3.63, 3.8) is 0 Å². The standard InChI is InChI=1S/C26H34FN3O3S/c27-22-17-19-24(20-18-22)30(34(32,33)25-15-11-8-12-16-25)21-26(31)29-28-23-13-9-6-4-2-1-3-5-7-10-14-23/h8,11-12,15-20H,1-7,9-10,13-14,21H2,(H,29,31). The minimum atomic E-state index is -4.03. The van der Waals surface area contributed by atoms with Crippen molar-refractivity contribution in [2.45, 2.75) is 75.5 Å². The van der Waals surface area contributed by atoms with Gasteiger partial charge in [-0.25, -0.2) is 18.2 Å². The Bertz CT molecular complexity index is 1030. The molecule has 1 amide bonds. The molecule has 1 aliphatic carbocycles. The molecule has 6 nitrogen and oxygen atoms in total. The Morgan fingerprint density at radius 1 is 0.824 bits per heavy atom. The number of anilines is 1. The van der Waals surface area contributed by atoms with E-state index in [0.29, 0.717) is 0 Å². The number of sulfonamides is 1. The van der Waals surface area contributed by atoms with Crippen LogP contribution in [0.25, 0.3) is 0 Å². The average Bonchev–Trinajstić information content (AvgIpc) is 2.83. The number of carbonyl (C=O) groups is 1. The molecule has 1 N–H and O–H groups in total. The largest absolute Gasteiger partial charge is 0.271 e. The SMILES string of the molecule is O=C(CN(c1ccc(F)cc1)S(=O)(=O)c1ccccc1)NN=C1CCCCCCCCCCC1. The highest BCUT2D eigenvalue weighted by atomic mass is 32.2. The lowest BCUT2D eigenvalue weighted by Gasteiger charge is -2.23. The molecule has 0 atom stereocenters. The van der Waals surface area contributed by atoms with E-state index in [9.17, 15) is 17.6 Å².